The molecule has 0 aliphatic carbocycles. The second kappa shape index (κ2) is 3.39. The van der Waals surface area contributed by atoms with E-state index in [-0.39, 0.29) is 6.35 Å². The zero-order valence-corrected chi connectivity index (χ0v) is 6.94. The summed E-state index contributed by atoms with van der Waals surface area (Å²) in [6, 6.07) is 0. The lowest BCUT2D eigenvalue weighted by Gasteiger charge is -2.24. The molecule has 0 bridgehead atoms. The topological polar surface area (TPSA) is 34.1 Å². The van der Waals surface area contributed by atoms with Crippen molar-refractivity contribution in [3.05, 3.63) is 12.3 Å². The third kappa shape index (κ3) is 1.71. The minimum atomic E-state index is -0.255. The molecule has 0 aromatic heterocycles. The minimum Gasteiger partial charge on any atom is -0.481 e. The second-order valence-corrected chi connectivity index (χ2v) is 2.21. The molecule has 1 rings (SSSR count). The van der Waals surface area contributed by atoms with Crippen molar-refractivity contribution in [3.8, 4) is 0 Å². The Morgan fingerprint density at radius 1 is 1.55 bits per heavy atom. The predicted molar refractivity (Wildman–Crippen MR) is 42.1 cm³/mol. The molecule has 62 valence electrons. The largest absolute Gasteiger partial charge is 0.481 e. The molecule has 0 saturated carbocycles. The molecule has 1 aliphatic rings. The molecule has 1 aliphatic heterocycles. The van der Waals surface area contributed by atoms with Crippen LogP contribution >= 0.6 is 0 Å². The van der Waals surface area contributed by atoms with Crippen LogP contribution in [0.25, 0.3) is 0 Å². The van der Waals surface area contributed by atoms with Crippen molar-refractivity contribution in [1.29, 1.82) is 0 Å². The third-order valence-electron chi connectivity index (χ3n) is 1.46. The molecule has 1 heterocycles. The Morgan fingerprint density at radius 3 is 2.82 bits per heavy atom. The van der Waals surface area contributed by atoms with E-state index < -0.39 is 0 Å². The molecule has 0 radical (unpaired) electrons. The van der Waals surface area contributed by atoms with E-state index in [4.69, 9.17) is 9.47 Å². The van der Waals surface area contributed by atoms with Gasteiger partial charge in [-0.05, 0) is 0 Å². The zero-order chi connectivity index (χ0) is 8.27. The van der Waals surface area contributed by atoms with E-state index in [0.717, 1.165) is 0 Å². The van der Waals surface area contributed by atoms with Gasteiger partial charge in [0.15, 0.2) is 0 Å². The summed E-state index contributed by atoms with van der Waals surface area (Å²) in [5, 5.41) is 0. The Balaban J connectivity index is 2.67. The van der Waals surface area contributed by atoms with Crippen LogP contribution in [0.5, 0.6) is 0 Å². The lowest BCUT2D eigenvalue weighted by Crippen LogP contribution is -2.31. The highest BCUT2D eigenvalue weighted by molar-refractivity contribution is 5.88. The molecule has 0 N–H and O–H groups in total. The van der Waals surface area contributed by atoms with Gasteiger partial charge in [-0.2, -0.15) is 4.99 Å². The Hall–Kier alpha value is -1.03. The van der Waals surface area contributed by atoms with Crippen LogP contribution in [0.15, 0.2) is 17.3 Å². The van der Waals surface area contributed by atoms with E-state index in [1.54, 1.807) is 20.3 Å². The van der Waals surface area contributed by atoms with Gasteiger partial charge in [0, 0.05) is 26.4 Å². The van der Waals surface area contributed by atoms with Gasteiger partial charge in [0.2, 0.25) is 12.2 Å². The number of rotatable bonds is 1. The Kier molecular flexibility index (Phi) is 2.48. The van der Waals surface area contributed by atoms with Crippen LogP contribution in [0.2, 0.25) is 0 Å². The summed E-state index contributed by atoms with van der Waals surface area (Å²) in [7, 11) is 5.08. The molecule has 4 heteroatoms. The van der Waals surface area contributed by atoms with Crippen molar-refractivity contribution >= 4 is 5.90 Å². The maximum absolute atomic E-state index is 5.04. The molecule has 0 fully saturated rings. The Bertz CT molecular complexity index is 189. The van der Waals surface area contributed by atoms with Crippen molar-refractivity contribution in [2.45, 2.75) is 6.35 Å². The second-order valence-electron chi connectivity index (χ2n) is 2.21. The number of ether oxygens (including phenoxy) is 2. The molecule has 0 spiro atoms. The van der Waals surface area contributed by atoms with Gasteiger partial charge in [0.05, 0.1) is 7.11 Å². The molecular weight excluding hydrogens is 144 g/mol. The van der Waals surface area contributed by atoms with E-state index in [0.29, 0.717) is 5.90 Å². The molecule has 0 amide bonds. The first-order valence-corrected chi connectivity index (χ1v) is 3.32. The number of nitrogens with zero attached hydrogens (tertiary/aromatic N) is 2. The van der Waals surface area contributed by atoms with Crippen molar-refractivity contribution in [3.63, 3.8) is 0 Å². The summed E-state index contributed by atoms with van der Waals surface area (Å²) in [5.74, 6) is 0.593. The standard InChI is InChI=1S/C7H12N2O2/c1-9-5-4-6(10-2)8-7(9)11-3/h4-5,7H,1-3H3. The lowest BCUT2D eigenvalue weighted by atomic mass is 10.5. The average molecular weight is 156 g/mol. The predicted octanol–water partition coefficient (Wildman–Crippen LogP) is 0.420. The summed E-state index contributed by atoms with van der Waals surface area (Å²) >= 11 is 0. The van der Waals surface area contributed by atoms with Crippen LogP contribution in [0, 0.1) is 0 Å². The van der Waals surface area contributed by atoms with Crippen LogP contribution in [0.4, 0.5) is 0 Å². The number of methoxy groups -OCH3 is 2. The summed E-state index contributed by atoms with van der Waals surface area (Å²) in [6.07, 6.45) is 3.39. The maximum atomic E-state index is 5.04. The van der Waals surface area contributed by atoms with Gasteiger partial charge in [-0.1, -0.05) is 0 Å². The summed E-state index contributed by atoms with van der Waals surface area (Å²) in [6.45, 7) is 0. The van der Waals surface area contributed by atoms with Gasteiger partial charge < -0.3 is 14.4 Å². The normalized spacial score (nSPS) is 23.4. The van der Waals surface area contributed by atoms with Crippen LogP contribution in [0.3, 0.4) is 0 Å². The fraction of sp³-hybridized carbons (Fsp3) is 0.571. The summed E-state index contributed by atoms with van der Waals surface area (Å²) in [4.78, 5) is 5.96. The fourth-order valence-corrected chi connectivity index (χ4v) is 0.838. The fourth-order valence-electron chi connectivity index (χ4n) is 0.838. The van der Waals surface area contributed by atoms with Crippen LogP contribution in [0.1, 0.15) is 0 Å². The number of aliphatic imine (C=N–C) groups is 1. The monoisotopic (exact) mass is 156 g/mol. The van der Waals surface area contributed by atoms with Crippen LogP contribution in [-0.4, -0.2) is 38.4 Å². The SMILES string of the molecule is COC1=NC(OC)N(C)C=C1. The molecule has 0 aromatic rings. The summed E-state index contributed by atoms with van der Waals surface area (Å²) in [5.41, 5.74) is 0. The van der Waals surface area contributed by atoms with E-state index >= 15 is 0 Å². The van der Waals surface area contributed by atoms with Gasteiger partial charge in [-0.15, -0.1) is 0 Å². The molecule has 1 atom stereocenters. The zero-order valence-electron chi connectivity index (χ0n) is 6.94. The number of hydrogen-bond donors (Lipinski definition) is 0. The molecule has 1 unspecified atom stereocenters. The first-order chi connectivity index (χ1) is 5.27. The average Bonchev–Trinajstić information content (AvgIpc) is 2.05. The van der Waals surface area contributed by atoms with E-state index in [1.807, 2.05) is 18.1 Å². The van der Waals surface area contributed by atoms with Crippen LogP contribution < -0.4 is 0 Å². The van der Waals surface area contributed by atoms with E-state index in [2.05, 4.69) is 4.99 Å². The van der Waals surface area contributed by atoms with Crippen molar-refractivity contribution < 1.29 is 9.47 Å². The van der Waals surface area contributed by atoms with Gasteiger partial charge in [-0.25, -0.2) is 0 Å². The highest BCUT2D eigenvalue weighted by Crippen LogP contribution is 2.06. The molecule has 0 aromatic carbocycles. The highest BCUT2D eigenvalue weighted by atomic mass is 16.5. The first kappa shape index (κ1) is 8.07. The minimum absolute atomic E-state index is 0.255. The number of hydrogen-bond acceptors (Lipinski definition) is 4. The Morgan fingerprint density at radius 2 is 2.27 bits per heavy atom. The Labute approximate surface area is 66.1 Å². The summed E-state index contributed by atoms with van der Waals surface area (Å²) < 4.78 is 9.97. The van der Waals surface area contributed by atoms with Gasteiger partial charge in [-0.3, -0.25) is 0 Å². The molecular formula is C7H12N2O2. The maximum Gasteiger partial charge on any atom is 0.230 e. The quantitative estimate of drug-likeness (QED) is 0.551. The van der Waals surface area contributed by atoms with Crippen molar-refractivity contribution in [2.75, 3.05) is 21.3 Å². The lowest BCUT2D eigenvalue weighted by molar-refractivity contribution is 0.0120. The third-order valence-corrected chi connectivity index (χ3v) is 1.46. The van der Waals surface area contributed by atoms with E-state index in [1.165, 1.54) is 0 Å². The van der Waals surface area contributed by atoms with E-state index in [9.17, 15) is 0 Å². The first-order valence-electron chi connectivity index (χ1n) is 3.32. The van der Waals surface area contributed by atoms with Gasteiger partial charge in [0.1, 0.15) is 0 Å². The van der Waals surface area contributed by atoms with Crippen LogP contribution in [-0.2, 0) is 9.47 Å². The van der Waals surface area contributed by atoms with Crippen molar-refractivity contribution in [1.82, 2.24) is 4.90 Å². The highest BCUT2D eigenvalue weighted by Gasteiger charge is 2.13. The van der Waals surface area contributed by atoms with Crippen molar-refractivity contribution in [2.24, 2.45) is 4.99 Å². The molecule has 4 nitrogen and oxygen atoms in total. The molecule has 11 heavy (non-hydrogen) atoms. The van der Waals surface area contributed by atoms with Gasteiger partial charge >= 0.3 is 0 Å². The van der Waals surface area contributed by atoms with Gasteiger partial charge in [0.25, 0.3) is 0 Å². The molecule has 0 saturated heterocycles. The smallest absolute Gasteiger partial charge is 0.230 e.